The highest BCUT2D eigenvalue weighted by atomic mass is 32.2. The van der Waals surface area contributed by atoms with Gasteiger partial charge in [0.1, 0.15) is 5.78 Å². The van der Waals surface area contributed by atoms with Crippen molar-refractivity contribution < 1.29 is 27.5 Å². The zero-order valence-electron chi connectivity index (χ0n) is 10.9. The molecule has 1 aromatic carbocycles. The fourth-order valence-electron chi connectivity index (χ4n) is 1.53. The van der Waals surface area contributed by atoms with Crippen LogP contribution in [-0.4, -0.2) is 23.9 Å². The number of hydrogen-bond acceptors (Lipinski definition) is 4. The molecule has 0 saturated carbocycles. The van der Waals surface area contributed by atoms with Crippen LogP contribution in [0, 0.1) is 0 Å². The number of ketones is 1. The van der Waals surface area contributed by atoms with Crippen LogP contribution in [0.2, 0.25) is 0 Å². The number of carbonyl (C=O) groups is 2. The lowest BCUT2D eigenvalue weighted by molar-refractivity contribution is -0.116. The van der Waals surface area contributed by atoms with E-state index in [1.807, 2.05) is 0 Å². The Morgan fingerprint density at radius 1 is 1.30 bits per heavy atom. The molecule has 0 spiro atoms. The van der Waals surface area contributed by atoms with Crippen LogP contribution >= 0.6 is 11.8 Å². The van der Waals surface area contributed by atoms with E-state index in [9.17, 15) is 22.8 Å². The van der Waals surface area contributed by atoms with E-state index in [4.69, 9.17) is 4.74 Å². The second kappa shape index (κ2) is 6.78. The van der Waals surface area contributed by atoms with Crippen LogP contribution in [0.25, 0.3) is 0 Å². The second-order valence-corrected chi connectivity index (χ2v) is 5.08. The maximum absolute atomic E-state index is 12.5. The zero-order chi connectivity index (χ0) is 15.3. The first-order chi connectivity index (χ1) is 9.23. The summed E-state index contributed by atoms with van der Waals surface area (Å²) in [6, 6.07) is 3.81. The molecule has 0 aliphatic carbocycles. The van der Waals surface area contributed by atoms with Gasteiger partial charge in [-0.3, -0.25) is 4.79 Å². The van der Waals surface area contributed by atoms with Gasteiger partial charge in [0.25, 0.3) is 0 Å². The predicted molar refractivity (Wildman–Crippen MR) is 68.7 cm³/mol. The van der Waals surface area contributed by atoms with Gasteiger partial charge in [-0.25, -0.2) is 4.79 Å². The Labute approximate surface area is 118 Å². The van der Waals surface area contributed by atoms with E-state index in [1.54, 1.807) is 6.92 Å². The Kier molecular flexibility index (Phi) is 5.62. The summed E-state index contributed by atoms with van der Waals surface area (Å²) in [5, 5.41) is 0. The van der Waals surface area contributed by atoms with E-state index in [0.717, 1.165) is 6.07 Å². The Bertz CT molecular complexity index is 512. The lowest BCUT2D eigenvalue weighted by atomic mass is 10.1. The van der Waals surface area contributed by atoms with E-state index in [-0.39, 0.29) is 46.6 Å². The maximum Gasteiger partial charge on any atom is 0.446 e. The molecule has 110 valence electrons. The van der Waals surface area contributed by atoms with Crippen molar-refractivity contribution in [1.29, 1.82) is 0 Å². The van der Waals surface area contributed by atoms with Gasteiger partial charge in [-0.2, -0.15) is 13.2 Å². The number of hydrogen-bond donors (Lipinski definition) is 0. The number of esters is 1. The molecule has 0 N–H and O–H groups in total. The van der Waals surface area contributed by atoms with E-state index >= 15 is 0 Å². The number of rotatable bonds is 5. The average molecular weight is 306 g/mol. The highest BCUT2D eigenvalue weighted by Crippen LogP contribution is 2.39. The second-order valence-electron chi connectivity index (χ2n) is 3.97. The molecule has 0 saturated heterocycles. The van der Waals surface area contributed by atoms with Gasteiger partial charge in [-0.15, -0.1) is 0 Å². The quantitative estimate of drug-likeness (QED) is 0.616. The molecule has 0 unspecified atom stereocenters. The molecular formula is C13H13F3O3S. The van der Waals surface area contributed by atoms with Gasteiger partial charge in [0.15, 0.2) is 0 Å². The van der Waals surface area contributed by atoms with Crippen molar-refractivity contribution in [1.82, 2.24) is 0 Å². The third-order valence-corrected chi connectivity index (χ3v) is 3.07. The van der Waals surface area contributed by atoms with Crippen LogP contribution in [0.3, 0.4) is 0 Å². The normalized spacial score (nSPS) is 11.2. The summed E-state index contributed by atoms with van der Waals surface area (Å²) in [4.78, 5) is 22.4. The van der Waals surface area contributed by atoms with Crippen molar-refractivity contribution >= 4 is 23.5 Å². The Balaban J connectivity index is 3.14. The SMILES string of the molecule is CCOC(=O)c1ccc(CC(C)=O)c(SC(F)(F)F)c1. The summed E-state index contributed by atoms with van der Waals surface area (Å²) in [5.41, 5.74) is -4.21. The number of halogens is 3. The molecule has 1 aromatic rings. The molecule has 0 radical (unpaired) electrons. The molecular weight excluding hydrogens is 293 g/mol. The first kappa shape index (κ1) is 16.6. The highest BCUT2D eigenvalue weighted by Gasteiger charge is 2.31. The minimum Gasteiger partial charge on any atom is -0.462 e. The van der Waals surface area contributed by atoms with Crippen LogP contribution in [-0.2, 0) is 16.0 Å². The van der Waals surface area contributed by atoms with Crippen molar-refractivity contribution in [2.45, 2.75) is 30.7 Å². The molecule has 3 nitrogen and oxygen atoms in total. The number of thioether (sulfide) groups is 1. The van der Waals surface area contributed by atoms with Crippen molar-refractivity contribution in [3.63, 3.8) is 0 Å². The molecule has 20 heavy (non-hydrogen) atoms. The minimum absolute atomic E-state index is 0.0332. The molecule has 1 rings (SSSR count). The first-order valence-electron chi connectivity index (χ1n) is 5.78. The van der Waals surface area contributed by atoms with Crippen LogP contribution in [0.4, 0.5) is 13.2 Å². The monoisotopic (exact) mass is 306 g/mol. The topological polar surface area (TPSA) is 43.4 Å². The number of alkyl halides is 3. The largest absolute Gasteiger partial charge is 0.462 e. The molecule has 0 aliphatic heterocycles. The Morgan fingerprint density at radius 2 is 1.95 bits per heavy atom. The Hall–Kier alpha value is -1.50. The standard InChI is InChI=1S/C13H13F3O3S/c1-3-19-12(18)10-5-4-9(6-8(2)17)11(7-10)20-13(14,15)16/h4-5,7H,3,6H2,1-2H3. The molecule has 0 heterocycles. The zero-order valence-corrected chi connectivity index (χ0v) is 11.7. The third kappa shape index (κ3) is 5.24. The average Bonchev–Trinajstić information content (AvgIpc) is 2.29. The van der Waals surface area contributed by atoms with E-state index in [2.05, 4.69) is 0 Å². The summed E-state index contributed by atoms with van der Waals surface area (Å²) in [7, 11) is 0. The van der Waals surface area contributed by atoms with Gasteiger partial charge in [-0.1, -0.05) is 6.07 Å². The van der Waals surface area contributed by atoms with Crippen molar-refractivity contribution in [2.24, 2.45) is 0 Å². The van der Waals surface area contributed by atoms with Gasteiger partial charge >= 0.3 is 11.5 Å². The maximum atomic E-state index is 12.5. The van der Waals surface area contributed by atoms with E-state index in [0.29, 0.717) is 0 Å². The number of benzene rings is 1. The van der Waals surface area contributed by atoms with Gasteiger partial charge in [0.05, 0.1) is 12.2 Å². The van der Waals surface area contributed by atoms with Crippen molar-refractivity contribution in [3.8, 4) is 0 Å². The van der Waals surface area contributed by atoms with Crippen LogP contribution in [0.5, 0.6) is 0 Å². The van der Waals surface area contributed by atoms with Crippen LogP contribution < -0.4 is 0 Å². The molecule has 0 aromatic heterocycles. The lowest BCUT2D eigenvalue weighted by Crippen LogP contribution is -2.08. The summed E-state index contributed by atoms with van der Waals surface area (Å²) in [5.74, 6) is -0.941. The minimum atomic E-state index is -4.49. The molecule has 0 fully saturated rings. The fourth-order valence-corrected chi connectivity index (χ4v) is 2.24. The summed E-state index contributed by atoms with van der Waals surface area (Å²) in [6.45, 7) is 3.03. The van der Waals surface area contributed by atoms with Gasteiger partial charge in [0, 0.05) is 11.3 Å². The van der Waals surface area contributed by atoms with Crippen LogP contribution in [0.15, 0.2) is 23.1 Å². The molecule has 7 heteroatoms. The Morgan fingerprint density at radius 3 is 2.45 bits per heavy atom. The molecule has 0 bridgehead atoms. The lowest BCUT2D eigenvalue weighted by Gasteiger charge is -2.12. The van der Waals surface area contributed by atoms with Crippen molar-refractivity contribution in [3.05, 3.63) is 29.3 Å². The predicted octanol–water partition coefficient (Wildman–Crippen LogP) is 3.61. The van der Waals surface area contributed by atoms with Crippen LogP contribution in [0.1, 0.15) is 29.8 Å². The van der Waals surface area contributed by atoms with Crippen molar-refractivity contribution in [2.75, 3.05) is 6.61 Å². The molecule has 0 amide bonds. The number of Topliss-reactive ketones (excluding diaryl/α,β-unsaturated/α-hetero) is 1. The van der Waals surface area contributed by atoms with Gasteiger partial charge in [0.2, 0.25) is 0 Å². The summed E-state index contributed by atoms with van der Waals surface area (Å²) >= 11 is -0.341. The molecule has 0 aliphatic rings. The summed E-state index contributed by atoms with van der Waals surface area (Å²) < 4.78 is 42.2. The summed E-state index contributed by atoms with van der Waals surface area (Å²) in [6.07, 6.45) is -0.110. The fraction of sp³-hybridized carbons (Fsp3) is 0.385. The number of ether oxygens (including phenoxy) is 1. The smallest absolute Gasteiger partial charge is 0.446 e. The molecule has 0 atom stereocenters. The van der Waals surface area contributed by atoms with Gasteiger partial charge < -0.3 is 4.74 Å². The van der Waals surface area contributed by atoms with Gasteiger partial charge in [-0.05, 0) is 43.3 Å². The highest BCUT2D eigenvalue weighted by molar-refractivity contribution is 8.00. The van der Waals surface area contributed by atoms with E-state index < -0.39 is 11.5 Å². The number of carbonyl (C=O) groups excluding carboxylic acids is 2. The third-order valence-electron chi connectivity index (χ3n) is 2.24. The first-order valence-corrected chi connectivity index (χ1v) is 6.59. The van der Waals surface area contributed by atoms with E-state index in [1.165, 1.54) is 19.1 Å².